The lowest BCUT2D eigenvalue weighted by Gasteiger charge is -2.49. The van der Waals surface area contributed by atoms with Crippen LogP contribution in [0.1, 0.15) is 83.2 Å². The molecule has 2 saturated heterocycles. The summed E-state index contributed by atoms with van der Waals surface area (Å²) in [5.74, 6) is -2.45. The third-order valence-electron chi connectivity index (χ3n) is 14.2. The molecule has 5 aromatic carbocycles. The van der Waals surface area contributed by atoms with Crippen LogP contribution < -0.4 is 14.2 Å². The molecule has 444 valence electrons. The highest BCUT2D eigenvalue weighted by Crippen LogP contribution is 2.40. The molecule has 19 heteroatoms. The van der Waals surface area contributed by atoms with E-state index in [1.165, 1.54) is 19.1 Å². The third-order valence-corrected chi connectivity index (χ3v) is 18.7. The zero-order valence-electron chi connectivity index (χ0n) is 48.7. The summed E-state index contributed by atoms with van der Waals surface area (Å²) in [5, 5.41) is -0.288. The van der Waals surface area contributed by atoms with Crippen LogP contribution in [-0.2, 0) is 97.3 Å². The zero-order valence-corrected chi connectivity index (χ0v) is 49.7. The summed E-state index contributed by atoms with van der Waals surface area (Å²) in [6.07, 6.45) is -11.1. The Hall–Kier alpha value is -7.39. The van der Waals surface area contributed by atoms with Crippen molar-refractivity contribution in [2.45, 2.75) is 161 Å². The smallest absolute Gasteiger partial charge is 0.331 e. The van der Waals surface area contributed by atoms with Gasteiger partial charge in [0.1, 0.15) is 37.8 Å². The second-order valence-electron chi connectivity index (χ2n) is 21.7. The van der Waals surface area contributed by atoms with Crippen LogP contribution in [0.5, 0.6) is 17.2 Å². The van der Waals surface area contributed by atoms with Gasteiger partial charge in [0.25, 0.3) is 0 Å². The molecule has 0 aromatic heterocycles. The predicted octanol–water partition coefficient (Wildman–Crippen LogP) is 10.2. The van der Waals surface area contributed by atoms with Gasteiger partial charge in [0.15, 0.2) is 62.9 Å². The number of hydrogen-bond acceptors (Lipinski definition) is 18. The van der Waals surface area contributed by atoms with Crippen molar-refractivity contribution in [2.75, 3.05) is 13.2 Å². The Labute approximate surface area is 486 Å². The Morgan fingerprint density at radius 2 is 1.04 bits per heavy atom. The summed E-state index contributed by atoms with van der Waals surface area (Å²) in [6.45, 7) is 17.2. The van der Waals surface area contributed by atoms with Gasteiger partial charge in [-0.1, -0.05) is 130 Å². The minimum absolute atomic E-state index is 0.0289. The normalized spacial score (nSPS) is 22.6. The average molecular weight is 1160 g/mol. The SMILES string of the molecule is CC(=O)O[C@@H]1[C@@H](OC(C)=O)[C@H](C)O[C@@H](O[C@@H]2[C@@H](OC(C)=O)[C@H](OCCc3ccc(OCc4ccccc4)cc3)O[C@H](CO[Si](C)(C)C(C)(C)C)[C@H]2OC(=O)/C=C/c2ccc(OCc3ccccc3)c(OCc3ccccc3)c2)[C@@H]1OC(C)=O. The van der Waals surface area contributed by atoms with Crippen molar-refractivity contribution < 1.29 is 85.2 Å². The van der Waals surface area contributed by atoms with E-state index >= 15 is 0 Å². The molecule has 2 aliphatic heterocycles. The molecule has 0 saturated carbocycles. The molecule has 0 spiro atoms. The van der Waals surface area contributed by atoms with E-state index in [0.29, 0.717) is 35.8 Å². The first kappa shape index (κ1) is 63.2. The van der Waals surface area contributed by atoms with Crippen LogP contribution in [0.25, 0.3) is 6.08 Å². The Morgan fingerprint density at radius 1 is 0.530 bits per heavy atom. The largest absolute Gasteiger partial charge is 0.489 e. The van der Waals surface area contributed by atoms with Crippen molar-refractivity contribution in [2.24, 2.45) is 0 Å². The van der Waals surface area contributed by atoms with Gasteiger partial charge in [-0.05, 0) is 89.6 Å². The third kappa shape index (κ3) is 18.8. The molecule has 10 atom stereocenters. The van der Waals surface area contributed by atoms with E-state index in [9.17, 15) is 24.0 Å². The van der Waals surface area contributed by atoms with Gasteiger partial charge in [-0.15, -0.1) is 0 Å². The van der Waals surface area contributed by atoms with Crippen molar-refractivity contribution in [1.29, 1.82) is 0 Å². The quantitative estimate of drug-likeness (QED) is 0.0231. The lowest BCUT2D eigenvalue weighted by molar-refractivity contribution is -0.358. The van der Waals surface area contributed by atoms with E-state index in [0.717, 1.165) is 43.0 Å². The molecule has 18 nitrogen and oxygen atoms in total. The minimum atomic E-state index is -2.60. The highest BCUT2D eigenvalue weighted by molar-refractivity contribution is 6.74. The van der Waals surface area contributed by atoms with E-state index in [4.69, 9.17) is 61.3 Å². The molecular weight excluding hydrogens is 1080 g/mol. The summed E-state index contributed by atoms with van der Waals surface area (Å²) in [6, 6.07) is 41.9. The summed E-state index contributed by atoms with van der Waals surface area (Å²) in [4.78, 5) is 66.0. The van der Waals surface area contributed by atoms with E-state index in [-0.39, 0.29) is 31.5 Å². The monoisotopic (exact) mass is 1160 g/mol. The Kier molecular flexibility index (Phi) is 22.6. The van der Waals surface area contributed by atoms with Crippen LogP contribution in [0.4, 0.5) is 0 Å². The second-order valence-corrected chi connectivity index (χ2v) is 26.6. The van der Waals surface area contributed by atoms with Crippen LogP contribution in [0.3, 0.4) is 0 Å². The molecule has 0 N–H and O–H groups in total. The highest BCUT2D eigenvalue weighted by atomic mass is 28.4. The van der Waals surface area contributed by atoms with Gasteiger partial charge in [0.05, 0.1) is 19.3 Å². The lowest BCUT2D eigenvalue weighted by atomic mass is 9.96. The predicted molar refractivity (Wildman–Crippen MR) is 307 cm³/mol. The fraction of sp³-hybridized carbons (Fsp3) is 0.422. The Morgan fingerprint density at radius 3 is 1.58 bits per heavy atom. The van der Waals surface area contributed by atoms with E-state index in [2.05, 4.69) is 20.8 Å². The number of rotatable bonds is 25. The second kappa shape index (κ2) is 29.7. The maximum Gasteiger partial charge on any atom is 0.331 e. The van der Waals surface area contributed by atoms with E-state index in [1.54, 1.807) is 25.1 Å². The van der Waals surface area contributed by atoms with Crippen LogP contribution in [-0.4, -0.2) is 113 Å². The van der Waals surface area contributed by atoms with Crippen molar-refractivity contribution in [1.82, 2.24) is 0 Å². The fourth-order valence-corrected chi connectivity index (χ4v) is 9.97. The molecule has 0 aliphatic carbocycles. The summed E-state index contributed by atoms with van der Waals surface area (Å²) < 4.78 is 81.4. The first-order valence-corrected chi connectivity index (χ1v) is 30.6. The van der Waals surface area contributed by atoms with Gasteiger partial charge in [0, 0.05) is 33.8 Å². The summed E-state index contributed by atoms with van der Waals surface area (Å²) in [5.41, 5.74) is 4.35. The Balaban J connectivity index is 1.23. The molecule has 0 radical (unpaired) electrons. The molecule has 2 aliphatic rings. The molecule has 5 aromatic rings. The van der Waals surface area contributed by atoms with Crippen molar-refractivity contribution in [3.63, 3.8) is 0 Å². The van der Waals surface area contributed by atoms with E-state index in [1.807, 2.05) is 128 Å². The summed E-state index contributed by atoms with van der Waals surface area (Å²) in [7, 11) is -2.60. The molecule has 83 heavy (non-hydrogen) atoms. The Bertz CT molecular complexity index is 2930. The van der Waals surface area contributed by atoms with Gasteiger partial charge in [0.2, 0.25) is 0 Å². The van der Waals surface area contributed by atoms with Crippen molar-refractivity contribution >= 4 is 44.2 Å². The number of carbonyl (C=O) groups is 5. The van der Waals surface area contributed by atoms with E-state index < -0.39 is 99.6 Å². The maximum absolute atomic E-state index is 14.5. The van der Waals surface area contributed by atoms with Crippen LogP contribution in [0.2, 0.25) is 18.1 Å². The number of benzene rings is 5. The molecular formula is C64H76O18Si. The van der Waals surface area contributed by atoms with Gasteiger partial charge in [-0.2, -0.15) is 0 Å². The number of esters is 5. The zero-order chi connectivity index (χ0) is 59.7. The summed E-state index contributed by atoms with van der Waals surface area (Å²) >= 11 is 0. The molecule has 0 amide bonds. The van der Waals surface area contributed by atoms with Crippen molar-refractivity contribution in [3.8, 4) is 17.2 Å². The highest BCUT2D eigenvalue weighted by Gasteiger charge is 2.57. The van der Waals surface area contributed by atoms with Gasteiger partial charge in [-0.25, -0.2) is 4.79 Å². The fourth-order valence-electron chi connectivity index (χ4n) is 8.96. The average Bonchev–Trinajstić information content (AvgIpc) is 3.64. The van der Waals surface area contributed by atoms with Crippen molar-refractivity contribution in [3.05, 3.63) is 167 Å². The van der Waals surface area contributed by atoms with Crippen LogP contribution >= 0.6 is 0 Å². The maximum atomic E-state index is 14.5. The standard InChI is InChI=1S/C64H76O18Si/c1-41-56(76-42(2)65)58(77-43(3)66)61(79-45(5)68)63(75-41)82-59-57(81-55(69)33-29-47-28-32-52(72-38-49-22-16-12-17-23-49)53(36-47)73-39-50-24-18-13-19-25-50)54(40-74-83(9,10)64(6,7)8)80-62(60(59)78-44(4)67)70-35-34-46-26-30-51(31-27-46)71-37-48-20-14-11-15-21-48/h11-33,36,41,54,56-63H,34-35,37-40H2,1-10H3/b33-29+/t41-,54+,56-,57+,58+,59-,60+,61+,62+,63-/m0/s1. The van der Waals surface area contributed by atoms with Gasteiger partial charge in [-0.3, -0.25) is 19.2 Å². The number of ether oxygens (including phenoxy) is 12. The lowest BCUT2D eigenvalue weighted by Crippen LogP contribution is -2.67. The number of hydrogen-bond donors (Lipinski definition) is 0. The first-order valence-electron chi connectivity index (χ1n) is 27.6. The molecule has 2 heterocycles. The molecule has 0 bridgehead atoms. The first-order chi connectivity index (χ1) is 39.6. The van der Waals surface area contributed by atoms with Crippen LogP contribution in [0.15, 0.2) is 140 Å². The van der Waals surface area contributed by atoms with Gasteiger partial charge < -0.3 is 61.3 Å². The number of carbonyl (C=O) groups excluding carboxylic acids is 5. The topological polar surface area (TPSA) is 205 Å². The molecule has 0 unspecified atom stereocenters. The van der Waals surface area contributed by atoms with Crippen LogP contribution in [0, 0.1) is 0 Å². The van der Waals surface area contributed by atoms with Gasteiger partial charge >= 0.3 is 29.8 Å². The molecule has 7 rings (SSSR count). The molecule has 2 fully saturated rings. The minimum Gasteiger partial charge on any atom is -0.489 e.